The summed E-state index contributed by atoms with van der Waals surface area (Å²) < 4.78 is 0. The van der Waals surface area contributed by atoms with Gasteiger partial charge in [0.05, 0.1) is 10.8 Å². The number of benzene rings is 1. The van der Waals surface area contributed by atoms with E-state index in [2.05, 4.69) is 5.32 Å². The van der Waals surface area contributed by atoms with E-state index >= 15 is 0 Å². The molecule has 1 unspecified atom stereocenters. The zero-order chi connectivity index (χ0) is 13.7. The van der Waals surface area contributed by atoms with Gasteiger partial charge in [-0.15, -0.1) is 0 Å². The van der Waals surface area contributed by atoms with Crippen LogP contribution in [0.4, 0.5) is 11.4 Å². The Labute approximate surface area is 105 Å². The van der Waals surface area contributed by atoms with E-state index in [9.17, 15) is 14.9 Å². The highest BCUT2D eigenvalue weighted by atomic mass is 16.6. The lowest BCUT2D eigenvalue weighted by Crippen LogP contribution is -2.22. The van der Waals surface area contributed by atoms with Crippen molar-refractivity contribution in [2.45, 2.75) is 20.3 Å². The average Bonchev–Trinajstić information content (AvgIpc) is 2.31. The topological polar surface area (TPSA) is 92.5 Å². The molecule has 0 aliphatic carbocycles. The summed E-state index contributed by atoms with van der Waals surface area (Å²) in [5.74, 6) is -1.36. The summed E-state index contributed by atoms with van der Waals surface area (Å²) in [6.45, 7) is 3.69. The Morgan fingerprint density at radius 3 is 2.72 bits per heavy atom. The van der Waals surface area contributed by atoms with Gasteiger partial charge in [0.1, 0.15) is 0 Å². The van der Waals surface area contributed by atoms with Crippen molar-refractivity contribution in [2.75, 3.05) is 11.9 Å². The minimum Gasteiger partial charge on any atom is -0.481 e. The summed E-state index contributed by atoms with van der Waals surface area (Å²) in [7, 11) is 0. The van der Waals surface area contributed by atoms with Crippen LogP contribution in [0.5, 0.6) is 0 Å². The first kappa shape index (κ1) is 14.0. The molecule has 6 nitrogen and oxygen atoms in total. The molecule has 0 aliphatic rings. The van der Waals surface area contributed by atoms with E-state index in [0.29, 0.717) is 17.7 Å². The maximum Gasteiger partial charge on any atom is 0.308 e. The summed E-state index contributed by atoms with van der Waals surface area (Å²) in [5.41, 5.74) is 1.15. The Morgan fingerprint density at radius 1 is 1.56 bits per heavy atom. The van der Waals surface area contributed by atoms with Crippen molar-refractivity contribution in [1.29, 1.82) is 0 Å². The standard InChI is InChI=1S/C12H16N2O4/c1-3-9(12(15)16)7-13-10-5-4-6-11(8(10)2)14(17)18/h4-6,9,13H,3,7H2,1-2H3,(H,15,16). The molecule has 0 amide bonds. The number of nitro benzene ring substituents is 1. The van der Waals surface area contributed by atoms with Gasteiger partial charge in [0.15, 0.2) is 0 Å². The van der Waals surface area contributed by atoms with Crippen LogP contribution in [0.1, 0.15) is 18.9 Å². The SMILES string of the molecule is CCC(CNc1cccc([N+](=O)[O-])c1C)C(=O)O. The van der Waals surface area contributed by atoms with Crippen LogP contribution in [-0.2, 0) is 4.79 Å². The molecule has 1 rings (SSSR count). The molecule has 0 heterocycles. The summed E-state index contributed by atoms with van der Waals surface area (Å²) >= 11 is 0. The monoisotopic (exact) mass is 252 g/mol. The van der Waals surface area contributed by atoms with Crippen molar-refractivity contribution in [3.63, 3.8) is 0 Å². The Bertz CT molecular complexity index is 459. The number of nitrogens with one attached hydrogen (secondary N) is 1. The van der Waals surface area contributed by atoms with E-state index in [1.807, 2.05) is 0 Å². The van der Waals surface area contributed by atoms with Crippen LogP contribution in [0.15, 0.2) is 18.2 Å². The summed E-state index contributed by atoms with van der Waals surface area (Å²) in [6.07, 6.45) is 0.510. The number of rotatable bonds is 6. The first-order valence-electron chi connectivity index (χ1n) is 5.68. The van der Waals surface area contributed by atoms with Crippen LogP contribution in [0.25, 0.3) is 0 Å². The minimum atomic E-state index is -0.868. The second-order valence-corrected chi connectivity index (χ2v) is 4.03. The van der Waals surface area contributed by atoms with E-state index < -0.39 is 16.8 Å². The molecule has 0 fully saturated rings. The predicted molar refractivity (Wildman–Crippen MR) is 67.7 cm³/mol. The molecule has 0 aromatic heterocycles. The molecule has 2 N–H and O–H groups in total. The Kier molecular flexibility index (Phi) is 4.65. The van der Waals surface area contributed by atoms with E-state index in [1.165, 1.54) is 6.07 Å². The van der Waals surface area contributed by atoms with Crippen molar-refractivity contribution in [3.8, 4) is 0 Å². The van der Waals surface area contributed by atoms with E-state index in [0.717, 1.165) is 0 Å². The maximum atomic E-state index is 10.9. The van der Waals surface area contributed by atoms with Gasteiger partial charge in [-0.1, -0.05) is 13.0 Å². The molecule has 0 aliphatic heterocycles. The number of aliphatic carboxylic acids is 1. The van der Waals surface area contributed by atoms with E-state index in [1.54, 1.807) is 26.0 Å². The predicted octanol–water partition coefficient (Wildman–Crippen LogP) is 2.43. The van der Waals surface area contributed by atoms with Crippen LogP contribution in [0.3, 0.4) is 0 Å². The quantitative estimate of drug-likeness (QED) is 0.599. The normalized spacial score (nSPS) is 11.9. The van der Waals surface area contributed by atoms with Gasteiger partial charge >= 0.3 is 5.97 Å². The molecule has 0 radical (unpaired) electrons. The molecule has 1 aromatic carbocycles. The number of carbonyl (C=O) groups is 1. The summed E-state index contributed by atoms with van der Waals surface area (Å²) in [6, 6.07) is 4.71. The molecule has 0 saturated heterocycles. The number of carboxylic acid groups (broad SMARTS) is 1. The molecule has 98 valence electrons. The highest BCUT2D eigenvalue weighted by Gasteiger charge is 2.17. The fraction of sp³-hybridized carbons (Fsp3) is 0.417. The van der Waals surface area contributed by atoms with Gasteiger partial charge in [-0.2, -0.15) is 0 Å². The van der Waals surface area contributed by atoms with Crippen molar-refractivity contribution in [3.05, 3.63) is 33.9 Å². The average molecular weight is 252 g/mol. The first-order chi connectivity index (χ1) is 8.47. The van der Waals surface area contributed by atoms with Crippen LogP contribution in [-0.4, -0.2) is 22.5 Å². The Balaban J connectivity index is 2.82. The number of nitro groups is 1. The van der Waals surface area contributed by atoms with Crippen molar-refractivity contribution in [1.82, 2.24) is 0 Å². The molecule has 0 bridgehead atoms. The molecule has 1 aromatic rings. The smallest absolute Gasteiger partial charge is 0.308 e. The van der Waals surface area contributed by atoms with Crippen LogP contribution >= 0.6 is 0 Å². The zero-order valence-corrected chi connectivity index (χ0v) is 10.3. The summed E-state index contributed by atoms with van der Waals surface area (Å²) in [4.78, 5) is 21.2. The number of hydrogen-bond donors (Lipinski definition) is 2. The number of carboxylic acids is 1. The van der Waals surface area contributed by atoms with Gasteiger partial charge in [-0.25, -0.2) is 0 Å². The van der Waals surface area contributed by atoms with E-state index in [-0.39, 0.29) is 12.2 Å². The molecular weight excluding hydrogens is 236 g/mol. The van der Waals surface area contributed by atoms with Gasteiger partial charge in [0.25, 0.3) is 5.69 Å². The largest absolute Gasteiger partial charge is 0.481 e. The van der Waals surface area contributed by atoms with Gasteiger partial charge in [-0.3, -0.25) is 14.9 Å². The van der Waals surface area contributed by atoms with Crippen LogP contribution < -0.4 is 5.32 Å². The Hall–Kier alpha value is -2.11. The lowest BCUT2D eigenvalue weighted by atomic mass is 10.1. The fourth-order valence-corrected chi connectivity index (χ4v) is 1.65. The van der Waals surface area contributed by atoms with Crippen molar-refractivity contribution >= 4 is 17.3 Å². The number of hydrogen-bond acceptors (Lipinski definition) is 4. The lowest BCUT2D eigenvalue weighted by molar-refractivity contribution is -0.385. The van der Waals surface area contributed by atoms with Gasteiger partial charge in [-0.05, 0) is 19.4 Å². The zero-order valence-electron chi connectivity index (χ0n) is 10.3. The molecular formula is C12H16N2O4. The first-order valence-corrected chi connectivity index (χ1v) is 5.68. The van der Waals surface area contributed by atoms with Gasteiger partial charge in [0, 0.05) is 23.9 Å². The maximum absolute atomic E-state index is 10.9. The van der Waals surface area contributed by atoms with Gasteiger partial charge in [0.2, 0.25) is 0 Å². The van der Waals surface area contributed by atoms with Crippen molar-refractivity contribution in [2.24, 2.45) is 5.92 Å². The second kappa shape index (κ2) is 6.00. The molecule has 0 spiro atoms. The van der Waals surface area contributed by atoms with Crippen LogP contribution in [0, 0.1) is 23.0 Å². The molecule has 1 atom stereocenters. The second-order valence-electron chi connectivity index (χ2n) is 4.03. The minimum absolute atomic E-state index is 0.0309. The fourth-order valence-electron chi connectivity index (χ4n) is 1.65. The summed E-state index contributed by atoms with van der Waals surface area (Å²) in [5, 5.41) is 22.6. The third kappa shape index (κ3) is 3.19. The molecule has 6 heteroatoms. The third-order valence-electron chi connectivity index (χ3n) is 2.88. The third-order valence-corrected chi connectivity index (χ3v) is 2.88. The number of nitrogens with zero attached hydrogens (tertiary/aromatic N) is 1. The molecule has 18 heavy (non-hydrogen) atoms. The van der Waals surface area contributed by atoms with Gasteiger partial charge < -0.3 is 10.4 Å². The molecule has 0 saturated carbocycles. The number of anilines is 1. The Morgan fingerprint density at radius 2 is 2.22 bits per heavy atom. The van der Waals surface area contributed by atoms with Crippen LogP contribution in [0.2, 0.25) is 0 Å². The van der Waals surface area contributed by atoms with E-state index in [4.69, 9.17) is 5.11 Å². The van der Waals surface area contributed by atoms with Crippen molar-refractivity contribution < 1.29 is 14.8 Å². The lowest BCUT2D eigenvalue weighted by Gasteiger charge is -2.13. The highest BCUT2D eigenvalue weighted by Crippen LogP contribution is 2.25. The highest BCUT2D eigenvalue weighted by molar-refractivity contribution is 5.71.